The standard InChI is InChI=1S/C2H5O2.Rf/c1-4-2-3;/h2-3H,1H3;/q-1;. The average molecular weight is 328 g/mol. The summed E-state index contributed by atoms with van der Waals surface area (Å²) < 4.78 is 3.97. The minimum absolute atomic E-state index is 0. The minimum atomic E-state index is 0. The zero-order valence-electron chi connectivity index (χ0n) is 3.14. The van der Waals surface area contributed by atoms with E-state index in [4.69, 9.17) is 5.11 Å². The third-order valence-corrected chi connectivity index (χ3v) is 0.105. The smallest absolute Gasteiger partial charge is 0.00102 e. The van der Waals surface area contributed by atoms with Gasteiger partial charge in [-0.05, 0) is 0 Å². The monoisotopic (exact) mass is 328 g/mol. The first kappa shape index (κ1) is 9.07. The minimum Gasteiger partial charge on any atom is -0.539 e. The van der Waals surface area contributed by atoms with Gasteiger partial charge < -0.3 is 9.84 Å². The summed E-state index contributed by atoms with van der Waals surface area (Å²) >= 11 is 0. The number of aliphatic hydroxyl groups is 1. The molecule has 0 saturated carbocycles. The van der Waals surface area contributed by atoms with Crippen LogP contribution in [0, 0.1) is 6.79 Å². The maximum atomic E-state index is 7.53. The number of hydrogen-bond donors (Lipinski definition) is 1. The van der Waals surface area contributed by atoms with Crippen LogP contribution in [0.2, 0.25) is 0 Å². The topological polar surface area (TPSA) is 29.5 Å². The summed E-state index contributed by atoms with van der Waals surface area (Å²) in [6.45, 7) is 0.625. The maximum absolute atomic E-state index is 7.53. The van der Waals surface area contributed by atoms with Gasteiger partial charge in [0.25, 0.3) is 0 Å². The van der Waals surface area contributed by atoms with Gasteiger partial charge in [0.15, 0.2) is 0 Å². The summed E-state index contributed by atoms with van der Waals surface area (Å²) in [5.74, 6) is 0. The maximum Gasteiger partial charge on any atom is 0.00102 e. The van der Waals surface area contributed by atoms with Crippen LogP contribution < -0.4 is 0 Å². The van der Waals surface area contributed by atoms with Crippen LogP contribution in [0.5, 0.6) is 0 Å². The average Bonchev–Trinajstić information content (AvgIpc) is 1.37. The molecule has 0 unspecified atom stereocenters. The summed E-state index contributed by atoms with van der Waals surface area (Å²) in [4.78, 5) is 0. The van der Waals surface area contributed by atoms with E-state index in [0.29, 0.717) is 6.79 Å². The summed E-state index contributed by atoms with van der Waals surface area (Å²) in [5, 5.41) is 7.53. The molecule has 0 aromatic heterocycles. The number of rotatable bonds is 1. The van der Waals surface area contributed by atoms with Crippen molar-refractivity contribution in [1.29, 1.82) is 0 Å². The van der Waals surface area contributed by atoms with Crippen molar-refractivity contribution in [2.75, 3.05) is 7.11 Å². The molecule has 0 heterocycles. The quantitative estimate of drug-likeness (QED) is 0.693. The molecule has 28 valence electrons. The molecule has 0 aliphatic heterocycles. The molecule has 0 spiro atoms. The van der Waals surface area contributed by atoms with E-state index >= 15 is 0 Å². The van der Waals surface area contributed by atoms with Crippen LogP contribution in [0.15, 0.2) is 0 Å². The van der Waals surface area contributed by atoms with E-state index in [0.717, 1.165) is 0 Å². The Morgan fingerprint density at radius 2 is 2.00 bits per heavy atom. The van der Waals surface area contributed by atoms with E-state index < -0.39 is 0 Å². The summed E-state index contributed by atoms with van der Waals surface area (Å²) in [7, 11) is 1.38. The number of aliphatic hydroxyl groups excluding tert-OH is 1. The first-order chi connectivity index (χ1) is 1.91. The van der Waals surface area contributed by atoms with Crippen LogP contribution in [-0.4, -0.2) is 12.2 Å². The van der Waals surface area contributed by atoms with E-state index in [1.165, 1.54) is 7.11 Å². The van der Waals surface area contributed by atoms with Gasteiger partial charge in [-0.25, -0.2) is 0 Å². The van der Waals surface area contributed by atoms with Gasteiger partial charge in [0.05, 0.1) is 0 Å². The van der Waals surface area contributed by atoms with Crippen molar-refractivity contribution in [3.63, 3.8) is 0 Å². The molecule has 0 radical (unpaired) electrons. The van der Waals surface area contributed by atoms with Crippen molar-refractivity contribution >= 4 is 0 Å². The Bertz CT molecular complexity index is 9.61. The predicted octanol–water partition coefficient (Wildman–Crippen LogP) is 0.125. The molecule has 0 aliphatic rings. The molecule has 0 fully saturated rings. The van der Waals surface area contributed by atoms with Crippen LogP contribution in [-0.2, 0) is 4.74 Å². The largest absolute Gasteiger partial charge is 0.539 e. The molecule has 0 aliphatic carbocycles. The van der Waals surface area contributed by atoms with Crippen molar-refractivity contribution in [1.82, 2.24) is 0 Å². The fourth-order valence-corrected chi connectivity index (χ4v) is 0. The molecule has 0 rings (SSSR count). The van der Waals surface area contributed by atoms with E-state index in [2.05, 4.69) is 4.74 Å². The first-order valence-corrected chi connectivity index (χ1v) is 0.902. The van der Waals surface area contributed by atoms with E-state index in [9.17, 15) is 0 Å². The normalized spacial score (nSPS) is 6.00. The molecule has 0 aromatic rings. The van der Waals surface area contributed by atoms with E-state index in [1.54, 1.807) is 0 Å². The van der Waals surface area contributed by atoms with Crippen molar-refractivity contribution in [2.45, 2.75) is 0 Å². The summed E-state index contributed by atoms with van der Waals surface area (Å²) in [6, 6.07) is 0. The molecule has 3 heteroatoms. The van der Waals surface area contributed by atoms with Crippen LogP contribution in [0.1, 0.15) is 0 Å². The Morgan fingerprint density at radius 3 is 2.00 bits per heavy atom. The Morgan fingerprint density at radius 1 is 1.80 bits per heavy atom. The molecule has 5 heavy (non-hydrogen) atoms. The Balaban J connectivity index is 0. The van der Waals surface area contributed by atoms with Crippen molar-refractivity contribution in [2.24, 2.45) is 0 Å². The molecular weight excluding hydrogens is 323 g/mol. The fraction of sp³-hybridized carbons (Fsp3) is 0.500. The van der Waals surface area contributed by atoms with Gasteiger partial charge >= 0.3 is 0 Å². The first-order valence-electron chi connectivity index (χ1n) is 0.902. The SMILES string of the molecule is CO[CH-]O.[Rf]. The Labute approximate surface area is 25.0 Å². The number of hydrogen-bond acceptors (Lipinski definition) is 2. The van der Waals surface area contributed by atoms with Gasteiger partial charge in [-0.1, -0.05) is 6.79 Å². The fourth-order valence-electron chi connectivity index (χ4n) is 0. The van der Waals surface area contributed by atoms with E-state index in [1.807, 2.05) is 0 Å². The molecular formula is C2H5O2Rf-. The Hall–Kier alpha value is -1.08. The van der Waals surface area contributed by atoms with Crippen molar-refractivity contribution in [3.8, 4) is 0 Å². The second-order valence-electron chi connectivity index (χ2n) is 0.341. The predicted molar refractivity (Wildman–Crippen MR) is 13.2 cm³/mol. The molecule has 1 N–H and O–H groups in total. The summed E-state index contributed by atoms with van der Waals surface area (Å²) in [6.07, 6.45) is 0. The third kappa shape index (κ3) is 386. The number of methoxy groups -OCH3 is 1. The second kappa shape index (κ2) is 12.7. The van der Waals surface area contributed by atoms with Gasteiger partial charge in [-0.15, -0.1) is 0 Å². The van der Waals surface area contributed by atoms with E-state index in [-0.39, 0.29) is 0 Å². The zero-order chi connectivity index (χ0) is 3.41. The molecule has 0 bridgehead atoms. The third-order valence-electron chi connectivity index (χ3n) is 0.105. The number of ether oxygens (including phenoxy) is 1. The van der Waals surface area contributed by atoms with Crippen LogP contribution in [0.3, 0.4) is 0 Å². The molecule has 0 atom stereocenters. The molecule has 0 aromatic carbocycles. The Kier molecular flexibility index (Phi) is 23.1. The molecule has 2 nitrogen and oxygen atoms in total. The van der Waals surface area contributed by atoms with Crippen molar-refractivity contribution < 1.29 is 9.84 Å². The van der Waals surface area contributed by atoms with Crippen LogP contribution in [0.4, 0.5) is 0 Å². The van der Waals surface area contributed by atoms with Gasteiger partial charge in [-0.3, -0.25) is 0 Å². The summed E-state index contributed by atoms with van der Waals surface area (Å²) in [5.41, 5.74) is 0. The van der Waals surface area contributed by atoms with Gasteiger partial charge in [0.2, 0.25) is 0 Å². The van der Waals surface area contributed by atoms with Crippen LogP contribution in [0.25, 0.3) is 0 Å². The van der Waals surface area contributed by atoms with Gasteiger partial charge in [0.1, 0.15) is 0 Å². The van der Waals surface area contributed by atoms with Crippen molar-refractivity contribution in [3.05, 3.63) is 6.79 Å². The van der Waals surface area contributed by atoms with Gasteiger partial charge in [0, 0.05) is 7.11 Å². The molecule has 0 saturated heterocycles. The molecule has 0 amide bonds. The van der Waals surface area contributed by atoms with Crippen LogP contribution >= 0.6 is 0 Å². The van der Waals surface area contributed by atoms with Gasteiger partial charge in [-0.2, -0.15) is 0 Å². The second-order valence-corrected chi connectivity index (χ2v) is 0.341. The zero-order valence-corrected chi connectivity index (χ0v) is 9.54.